The first-order valence-electron chi connectivity index (χ1n) is 7.06. The van der Waals surface area contributed by atoms with Gasteiger partial charge in [-0.3, -0.25) is 9.89 Å². The van der Waals surface area contributed by atoms with Gasteiger partial charge in [0.2, 0.25) is 0 Å². The summed E-state index contributed by atoms with van der Waals surface area (Å²) in [6, 6.07) is 5.98. The van der Waals surface area contributed by atoms with Crippen LogP contribution in [0.5, 0.6) is 0 Å². The number of carbonyl (C=O) groups excluding carboxylic acids is 1. The molecule has 1 aliphatic heterocycles. The van der Waals surface area contributed by atoms with Crippen LogP contribution in [0.2, 0.25) is 0 Å². The normalized spacial score (nSPS) is 19.2. The van der Waals surface area contributed by atoms with Crippen LogP contribution in [0.15, 0.2) is 24.4 Å². The van der Waals surface area contributed by atoms with Gasteiger partial charge in [0.05, 0.1) is 4.88 Å². The van der Waals surface area contributed by atoms with E-state index in [1.165, 1.54) is 11.3 Å². The molecule has 1 amide bonds. The van der Waals surface area contributed by atoms with Crippen LogP contribution in [-0.4, -0.2) is 34.1 Å². The molecule has 2 aromatic rings. The summed E-state index contributed by atoms with van der Waals surface area (Å²) in [4.78, 5) is 16.5. The Morgan fingerprint density at radius 3 is 3.10 bits per heavy atom. The summed E-state index contributed by atoms with van der Waals surface area (Å²) in [5.41, 5.74) is 1.16. The summed E-state index contributed by atoms with van der Waals surface area (Å²) in [6.45, 7) is 3.78. The summed E-state index contributed by atoms with van der Waals surface area (Å²) in [7, 11) is 0. The van der Waals surface area contributed by atoms with Gasteiger partial charge in [-0.25, -0.2) is 0 Å². The number of nitrogens with zero attached hydrogens (tertiary/aromatic N) is 2. The Balaban J connectivity index is 1.64. The van der Waals surface area contributed by atoms with Crippen molar-refractivity contribution in [3.05, 3.63) is 39.8 Å². The molecule has 0 aromatic carbocycles. The van der Waals surface area contributed by atoms with Crippen LogP contribution >= 0.6 is 11.3 Å². The van der Waals surface area contributed by atoms with E-state index in [2.05, 4.69) is 10.2 Å². The minimum absolute atomic E-state index is 0.192. The number of piperidine rings is 1. The zero-order chi connectivity index (χ0) is 13.9. The van der Waals surface area contributed by atoms with Gasteiger partial charge >= 0.3 is 0 Å². The minimum Gasteiger partial charge on any atom is -0.338 e. The first kappa shape index (κ1) is 13.4. The molecule has 0 aliphatic carbocycles. The highest BCUT2D eigenvalue weighted by Gasteiger charge is 2.25. The van der Waals surface area contributed by atoms with Crippen molar-refractivity contribution >= 4 is 17.2 Å². The third-order valence-electron chi connectivity index (χ3n) is 3.82. The quantitative estimate of drug-likeness (QED) is 0.944. The lowest BCUT2D eigenvalue weighted by atomic mass is 9.93. The van der Waals surface area contributed by atoms with Crippen molar-refractivity contribution in [2.24, 2.45) is 5.92 Å². The maximum atomic E-state index is 12.5. The van der Waals surface area contributed by atoms with Crippen LogP contribution in [0.25, 0.3) is 0 Å². The fourth-order valence-corrected chi connectivity index (χ4v) is 3.67. The molecule has 0 radical (unpaired) electrons. The molecule has 0 bridgehead atoms. The van der Waals surface area contributed by atoms with Gasteiger partial charge in [-0.2, -0.15) is 5.10 Å². The first-order chi connectivity index (χ1) is 9.72. The maximum absolute atomic E-state index is 12.5. The molecule has 1 saturated heterocycles. The van der Waals surface area contributed by atoms with Crippen molar-refractivity contribution in [3.63, 3.8) is 0 Å². The second-order valence-electron chi connectivity index (χ2n) is 5.46. The molecule has 3 rings (SSSR count). The minimum atomic E-state index is 0.192. The van der Waals surface area contributed by atoms with Crippen LogP contribution < -0.4 is 0 Å². The number of amides is 1. The number of aromatic nitrogens is 2. The van der Waals surface area contributed by atoms with E-state index in [0.29, 0.717) is 5.92 Å². The fourth-order valence-electron chi connectivity index (χ4n) is 2.83. The molecule has 1 atom stereocenters. The predicted molar refractivity (Wildman–Crippen MR) is 80.0 cm³/mol. The number of aromatic amines is 1. The second-order valence-corrected chi connectivity index (χ2v) is 6.74. The van der Waals surface area contributed by atoms with Gasteiger partial charge in [0.1, 0.15) is 0 Å². The zero-order valence-electron chi connectivity index (χ0n) is 11.6. The van der Waals surface area contributed by atoms with E-state index < -0.39 is 0 Å². The molecule has 1 aliphatic rings. The standard InChI is InChI=1S/C15H19N3OS/c1-11-4-5-14(20-11)15(19)18-8-2-3-12(10-18)9-13-6-7-16-17-13/h4-7,12H,2-3,8-10H2,1H3,(H,16,17)/t12-/m1/s1. The monoisotopic (exact) mass is 289 g/mol. The van der Waals surface area contributed by atoms with E-state index >= 15 is 0 Å². The molecule has 0 saturated carbocycles. The third kappa shape index (κ3) is 2.93. The van der Waals surface area contributed by atoms with Gasteiger partial charge in [0.25, 0.3) is 5.91 Å². The van der Waals surface area contributed by atoms with Crippen molar-refractivity contribution in [1.82, 2.24) is 15.1 Å². The second kappa shape index (κ2) is 5.79. The van der Waals surface area contributed by atoms with Crippen LogP contribution in [0.1, 0.15) is 33.1 Å². The molecule has 3 heterocycles. The molecule has 1 N–H and O–H groups in total. The van der Waals surface area contributed by atoms with E-state index in [1.807, 2.05) is 30.0 Å². The van der Waals surface area contributed by atoms with Crippen LogP contribution in [-0.2, 0) is 6.42 Å². The lowest BCUT2D eigenvalue weighted by Crippen LogP contribution is -2.40. The number of H-pyrrole nitrogens is 1. The van der Waals surface area contributed by atoms with Crippen molar-refractivity contribution < 1.29 is 4.79 Å². The number of carbonyl (C=O) groups is 1. The van der Waals surface area contributed by atoms with Gasteiger partial charge in [0, 0.05) is 29.9 Å². The maximum Gasteiger partial charge on any atom is 0.263 e. The van der Waals surface area contributed by atoms with Crippen LogP contribution in [0.4, 0.5) is 0 Å². The van der Waals surface area contributed by atoms with Gasteiger partial charge in [-0.1, -0.05) is 0 Å². The van der Waals surface area contributed by atoms with Gasteiger partial charge in [-0.05, 0) is 50.3 Å². The highest BCUT2D eigenvalue weighted by molar-refractivity contribution is 7.13. The summed E-state index contributed by atoms with van der Waals surface area (Å²) < 4.78 is 0. The van der Waals surface area contributed by atoms with Gasteiger partial charge in [-0.15, -0.1) is 11.3 Å². The lowest BCUT2D eigenvalue weighted by molar-refractivity contribution is 0.0677. The van der Waals surface area contributed by atoms with Gasteiger partial charge < -0.3 is 4.90 Å². The van der Waals surface area contributed by atoms with E-state index in [1.54, 1.807) is 17.5 Å². The van der Waals surface area contributed by atoms with E-state index in [-0.39, 0.29) is 5.91 Å². The Kier molecular flexibility index (Phi) is 3.87. The Labute approximate surface area is 122 Å². The average molecular weight is 289 g/mol. The summed E-state index contributed by atoms with van der Waals surface area (Å²) >= 11 is 1.59. The molecular formula is C15H19N3OS. The summed E-state index contributed by atoms with van der Waals surface area (Å²) in [6.07, 6.45) is 5.05. The molecule has 0 unspecified atom stereocenters. The van der Waals surface area contributed by atoms with E-state index in [9.17, 15) is 4.79 Å². The predicted octanol–water partition coefficient (Wildman–Crippen LogP) is 2.87. The number of nitrogens with one attached hydrogen (secondary N) is 1. The highest BCUT2D eigenvalue weighted by atomic mass is 32.1. The smallest absolute Gasteiger partial charge is 0.263 e. The Morgan fingerprint density at radius 2 is 2.40 bits per heavy atom. The van der Waals surface area contributed by atoms with E-state index in [0.717, 1.165) is 36.5 Å². The third-order valence-corrected chi connectivity index (χ3v) is 4.81. The lowest BCUT2D eigenvalue weighted by Gasteiger charge is -2.32. The number of thiophene rings is 1. The average Bonchev–Trinajstić information content (AvgIpc) is 3.10. The van der Waals surface area contributed by atoms with Crippen molar-refractivity contribution in [1.29, 1.82) is 0 Å². The fraction of sp³-hybridized carbons (Fsp3) is 0.467. The molecular weight excluding hydrogens is 270 g/mol. The summed E-state index contributed by atoms with van der Waals surface area (Å²) in [5.74, 6) is 0.728. The molecule has 5 heteroatoms. The van der Waals surface area contributed by atoms with Gasteiger partial charge in [0.15, 0.2) is 0 Å². The Hall–Kier alpha value is -1.62. The topological polar surface area (TPSA) is 49.0 Å². The van der Waals surface area contributed by atoms with Crippen molar-refractivity contribution in [2.75, 3.05) is 13.1 Å². The van der Waals surface area contributed by atoms with Crippen molar-refractivity contribution in [3.8, 4) is 0 Å². The number of hydrogen-bond acceptors (Lipinski definition) is 3. The number of rotatable bonds is 3. The highest BCUT2D eigenvalue weighted by Crippen LogP contribution is 2.24. The Morgan fingerprint density at radius 1 is 1.50 bits per heavy atom. The van der Waals surface area contributed by atoms with E-state index in [4.69, 9.17) is 0 Å². The molecule has 2 aromatic heterocycles. The molecule has 1 fully saturated rings. The van der Waals surface area contributed by atoms with Crippen LogP contribution in [0, 0.1) is 12.8 Å². The molecule has 106 valence electrons. The van der Waals surface area contributed by atoms with Crippen LogP contribution in [0.3, 0.4) is 0 Å². The molecule has 20 heavy (non-hydrogen) atoms. The zero-order valence-corrected chi connectivity index (χ0v) is 12.4. The number of hydrogen-bond donors (Lipinski definition) is 1. The number of aryl methyl sites for hydroxylation is 1. The number of likely N-dealkylation sites (tertiary alicyclic amines) is 1. The first-order valence-corrected chi connectivity index (χ1v) is 7.88. The van der Waals surface area contributed by atoms with Crippen molar-refractivity contribution in [2.45, 2.75) is 26.2 Å². The molecule has 4 nitrogen and oxygen atoms in total. The Bertz CT molecular complexity index is 576. The SMILES string of the molecule is Cc1ccc(C(=O)N2CCC[C@H](Cc3ccn[nH]3)C2)s1. The molecule has 0 spiro atoms. The largest absolute Gasteiger partial charge is 0.338 e. The summed E-state index contributed by atoms with van der Waals surface area (Å²) in [5, 5.41) is 7.00.